The third kappa shape index (κ3) is 4.73. The molecule has 19 heavy (non-hydrogen) atoms. The van der Waals surface area contributed by atoms with Crippen molar-refractivity contribution in [1.82, 2.24) is 0 Å². The summed E-state index contributed by atoms with van der Waals surface area (Å²) in [5, 5.41) is 8.84. The zero-order valence-electron chi connectivity index (χ0n) is 10.9. The topological polar surface area (TPSA) is 89.9 Å². The van der Waals surface area contributed by atoms with Crippen molar-refractivity contribution in [3.8, 4) is 0 Å². The third-order valence-corrected chi connectivity index (χ3v) is 3.15. The summed E-state index contributed by atoms with van der Waals surface area (Å²) in [7, 11) is 0. The van der Waals surface area contributed by atoms with Gasteiger partial charge in [-0.15, -0.1) is 0 Å². The smallest absolute Gasteiger partial charge is 0.335 e. The molecule has 0 amide bonds. The van der Waals surface area contributed by atoms with Gasteiger partial charge in [-0.3, -0.25) is 9.59 Å². The van der Waals surface area contributed by atoms with Gasteiger partial charge in [-0.05, 0) is 32.6 Å². The van der Waals surface area contributed by atoms with E-state index in [1.165, 1.54) is 6.92 Å². The molecular weight excluding hydrogens is 252 g/mol. The Kier molecular flexibility index (Phi) is 5.54. The zero-order chi connectivity index (χ0) is 14.4. The first-order chi connectivity index (χ1) is 8.91. The number of carboxylic acids is 1. The van der Waals surface area contributed by atoms with Crippen molar-refractivity contribution >= 4 is 17.9 Å². The predicted octanol–water partition coefficient (Wildman–Crippen LogP) is 1.50. The van der Waals surface area contributed by atoms with Crippen LogP contribution in [-0.2, 0) is 23.9 Å². The Hall–Kier alpha value is -1.85. The van der Waals surface area contributed by atoms with E-state index in [0.29, 0.717) is 25.7 Å². The molecule has 0 aromatic rings. The molecule has 1 aliphatic carbocycles. The molecule has 0 aromatic heterocycles. The van der Waals surface area contributed by atoms with Crippen molar-refractivity contribution in [3.05, 3.63) is 12.2 Å². The van der Waals surface area contributed by atoms with Crippen molar-refractivity contribution in [1.29, 1.82) is 0 Å². The van der Waals surface area contributed by atoms with Crippen LogP contribution in [0.5, 0.6) is 0 Å². The van der Waals surface area contributed by atoms with Crippen molar-refractivity contribution in [3.63, 3.8) is 0 Å². The summed E-state index contributed by atoms with van der Waals surface area (Å²) in [5.74, 6) is -2.55. The number of carboxylic acid groups (broad SMARTS) is 1. The van der Waals surface area contributed by atoms with E-state index in [2.05, 4.69) is 11.3 Å². The average molecular weight is 270 g/mol. The summed E-state index contributed by atoms with van der Waals surface area (Å²) in [6.45, 7) is 4.47. The molecule has 0 saturated heterocycles. The van der Waals surface area contributed by atoms with Crippen LogP contribution in [0.3, 0.4) is 0 Å². The normalized spacial score (nSPS) is 22.4. The molecule has 0 spiro atoms. The highest BCUT2D eigenvalue weighted by atomic mass is 16.7. The summed E-state index contributed by atoms with van der Waals surface area (Å²) >= 11 is 0. The molecule has 1 fully saturated rings. The van der Waals surface area contributed by atoms with Gasteiger partial charge in [0.05, 0.1) is 11.8 Å². The number of ether oxygens (including phenoxy) is 2. The van der Waals surface area contributed by atoms with Gasteiger partial charge in [0.25, 0.3) is 0 Å². The molecular formula is C13H18O6. The first-order valence-electron chi connectivity index (χ1n) is 6.14. The second-order valence-electron chi connectivity index (χ2n) is 4.68. The van der Waals surface area contributed by atoms with Crippen LogP contribution < -0.4 is 0 Å². The highest BCUT2D eigenvalue weighted by Crippen LogP contribution is 2.29. The minimum Gasteiger partial charge on any atom is -0.481 e. The van der Waals surface area contributed by atoms with E-state index in [9.17, 15) is 14.4 Å². The summed E-state index contributed by atoms with van der Waals surface area (Å²) in [6, 6.07) is 0. The maximum atomic E-state index is 11.6. The highest BCUT2D eigenvalue weighted by Gasteiger charge is 2.30. The predicted molar refractivity (Wildman–Crippen MR) is 64.9 cm³/mol. The molecule has 0 radical (unpaired) electrons. The van der Waals surface area contributed by atoms with Crippen molar-refractivity contribution in [2.24, 2.45) is 11.8 Å². The number of hydrogen-bond acceptors (Lipinski definition) is 5. The molecule has 106 valence electrons. The lowest BCUT2D eigenvalue weighted by Gasteiger charge is -2.24. The SMILES string of the molecule is C=C(C)C(=O)OCOC(=O)C1CCC(C(=O)O)CC1. The second kappa shape index (κ2) is 6.92. The van der Waals surface area contributed by atoms with Gasteiger partial charge >= 0.3 is 17.9 Å². The van der Waals surface area contributed by atoms with Gasteiger partial charge in [-0.25, -0.2) is 4.79 Å². The van der Waals surface area contributed by atoms with E-state index >= 15 is 0 Å². The number of carbonyl (C=O) groups excluding carboxylic acids is 2. The van der Waals surface area contributed by atoms with E-state index in [1.807, 2.05) is 0 Å². The van der Waals surface area contributed by atoms with Crippen LogP contribution in [0.1, 0.15) is 32.6 Å². The van der Waals surface area contributed by atoms with Crippen LogP contribution in [0.4, 0.5) is 0 Å². The Morgan fingerprint density at radius 3 is 2.11 bits per heavy atom. The van der Waals surface area contributed by atoms with Crippen molar-refractivity contribution < 1.29 is 29.0 Å². The van der Waals surface area contributed by atoms with Crippen LogP contribution in [0.25, 0.3) is 0 Å². The van der Waals surface area contributed by atoms with Crippen molar-refractivity contribution in [2.45, 2.75) is 32.6 Å². The molecule has 6 nitrogen and oxygen atoms in total. The van der Waals surface area contributed by atoms with Gasteiger partial charge in [0.15, 0.2) is 0 Å². The molecule has 0 aromatic carbocycles. The highest BCUT2D eigenvalue weighted by molar-refractivity contribution is 5.87. The Morgan fingerprint density at radius 1 is 1.11 bits per heavy atom. The number of hydrogen-bond donors (Lipinski definition) is 1. The molecule has 1 saturated carbocycles. The molecule has 0 aliphatic heterocycles. The van der Waals surface area contributed by atoms with E-state index < -0.39 is 24.7 Å². The minimum atomic E-state index is -0.817. The Morgan fingerprint density at radius 2 is 1.63 bits per heavy atom. The molecule has 1 aliphatic rings. The fourth-order valence-corrected chi connectivity index (χ4v) is 1.96. The van der Waals surface area contributed by atoms with Gasteiger partial charge in [0.1, 0.15) is 0 Å². The zero-order valence-corrected chi connectivity index (χ0v) is 10.9. The van der Waals surface area contributed by atoms with Crippen LogP contribution in [-0.4, -0.2) is 29.8 Å². The fourth-order valence-electron chi connectivity index (χ4n) is 1.96. The first-order valence-corrected chi connectivity index (χ1v) is 6.14. The van der Waals surface area contributed by atoms with E-state index in [-0.39, 0.29) is 17.4 Å². The van der Waals surface area contributed by atoms with E-state index in [4.69, 9.17) is 9.84 Å². The van der Waals surface area contributed by atoms with Crippen LogP contribution in [0.15, 0.2) is 12.2 Å². The van der Waals surface area contributed by atoms with E-state index in [0.717, 1.165) is 0 Å². The summed E-state index contributed by atoms with van der Waals surface area (Å²) in [4.78, 5) is 33.4. The lowest BCUT2D eigenvalue weighted by molar-refractivity contribution is -0.169. The largest absolute Gasteiger partial charge is 0.481 e. The summed E-state index contributed by atoms with van der Waals surface area (Å²) in [5.41, 5.74) is 0.234. The van der Waals surface area contributed by atoms with Gasteiger partial charge < -0.3 is 14.6 Å². The van der Waals surface area contributed by atoms with Gasteiger partial charge in [0.2, 0.25) is 6.79 Å². The third-order valence-electron chi connectivity index (χ3n) is 3.15. The van der Waals surface area contributed by atoms with Gasteiger partial charge in [-0.1, -0.05) is 6.58 Å². The quantitative estimate of drug-likeness (QED) is 0.462. The van der Waals surface area contributed by atoms with E-state index in [1.54, 1.807) is 0 Å². The van der Waals surface area contributed by atoms with Crippen molar-refractivity contribution in [2.75, 3.05) is 6.79 Å². The molecule has 0 atom stereocenters. The molecule has 0 heterocycles. The lowest BCUT2D eigenvalue weighted by atomic mass is 9.82. The minimum absolute atomic E-state index is 0.234. The number of carbonyl (C=O) groups is 3. The monoisotopic (exact) mass is 270 g/mol. The Bertz CT molecular complexity index is 379. The van der Waals surface area contributed by atoms with Gasteiger partial charge in [-0.2, -0.15) is 0 Å². The first kappa shape index (κ1) is 15.2. The van der Waals surface area contributed by atoms with Crippen LogP contribution in [0.2, 0.25) is 0 Å². The molecule has 1 rings (SSSR count). The lowest BCUT2D eigenvalue weighted by Crippen LogP contribution is -2.27. The fraction of sp³-hybridized carbons (Fsp3) is 0.615. The Balaban J connectivity index is 2.26. The van der Waals surface area contributed by atoms with Crippen LogP contribution >= 0.6 is 0 Å². The molecule has 6 heteroatoms. The summed E-state index contributed by atoms with van der Waals surface area (Å²) < 4.78 is 9.48. The summed E-state index contributed by atoms with van der Waals surface area (Å²) in [6.07, 6.45) is 1.93. The standard InChI is InChI=1S/C13H18O6/c1-8(2)12(16)18-7-19-13(17)10-5-3-9(4-6-10)11(14)15/h9-10H,1,3-7H2,2H3,(H,14,15). The maximum Gasteiger partial charge on any atom is 0.335 e. The average Bonchev–Trinajstić information content (AvgIpc) is 2.38. The second-order valence-corrected chi connectivity index (χ2v) is 4.68. The molecule has 1 N–H and O–H groups in total. The number of aliphatic carboxylic acids is 1. The maximum absolute atomic E-state index is 11.6. The number of esters is 2. The van der Waals surface area contributed by atoms with Crippen LogP contribution in [0, 0.1) is 11.8 Å². The number of rotatable bonds is 5. The molecule has 0 bridgehead atoms. The molecule has 0 unspecified atom stereocenters. The van der Waals surface area contributed by atoms with Gasteiger partial charge in [0, 0.05) is 5.57 Å². The Labute approximate surface area is 111 Å².